The first-order chi connectivity index (χ1) is 12.7. The average Bonchev–Trinajstić information content (AvgIpc) is 3.11. The van der Waals surface area contributed by atoms with Crippen molar-refractivity contribution in [3.05, 3.63) is 78.4 Å². The summed E-state index contributed by atoms with van der Waals surface area (Å²) in [4.78, 5) is 14.7. The molecule has 1 N–H and O–H groups in total. The Hall–Kier alpha value is -3.40. The summed E-state index contributed by atoms with van der Waals surface area (Å²) in [5.41, 5.74) is 6.16. The molecule has 0 unspecified atom stereocenters. The van der Waals surface area contributed by atoms with E-state index in [1.165, 1.54) is 5.69 Å². The zero-order chi connectivity index (χ0) is 17.9. The molecule has 4 aromatic rings. The first kappa shape index (κ1) is 16.1. The Balaban J connectivity index is 1.59. The van der Waals surface area contributed by atoms with Crippen LogP contribution in [0.5, 0.6) is 0 Å². The fourth-order valence-electron chi connectivity index (χ4n) is 2.82. The quantitative estimate of drug-likeness (QED) is 0.529. The van der Waals surface area contributed by atoms with Crippen LogP contribution >= 0.6 is 0 Å². The van der Waals surface area contributed by atoms with Gasteiger partial charge in [0.25, 0.3) is 0 Å². The Morgan fingerprint density at radius 2 is 1.69 bits per heavy atom. The number of rotatable bonds is 4. The molecule has 0 bridgehead atoms. The van der Waals surface area contributed by atoms with E-state index in [1.807, 2.05) is 68.8 Å². The van der Waals surface area contributed by atoms with Crippen LogP contribution in [0.2, 0.25) is 0 Å². The lowest BCUT2D eigenvalue weighted by Gasteiger charge is -2.11. The van der Waals surface area contributed by atoms with Crippen molar-refractivity contribution in [1.82, 2.24) is 9.97 Å². The van der Waals surface area contributed by atoms with Gasteiger partial charge in [-0.15, -0.1) is 0 Å². The second kappa shape index (κ2) is 6.84. The van der Waals surface area contributed by atoms with E-state index in [4.69, 9.17) is 0 Å². The Morgan fingerprint density at radius 1 is 0.923 bits per heavy atom. The molecule has 4 rings (SSSR count). The third-order valence-corrected chi connectivity index (χ3v) is 4.28. The van der Waals surface area contributed by atoms with Gasteiger partial charge in [-0.2, -0.15) is 0 Å². The van der Waals surface area contributed by atoms with Crippen molar-refractivity contribution < 1.29 is 0 Å². The molecule has 1 heterocycles. The van der Waals surface area contributed by atoms with E-state index in [-0.39, 0.29) is 0 Å². The molecular formula is C22H20N4. The van der Waals surface area contributed by atoms with E-state index >= 15 is 0 Å². The lowest BCUT2D eigenvalue weighted by atomic mass is 10.2. The fourth-order valence-corrected chi connectivity index (χ4v) is 2.82. The summed E-state index contributed by atoms with van der Waals surface area (Å²) in [5, 5.41) is 0. The maximum atomic E-state index is 4.66. The number of imidazole rings is 1. The molecule has 4 heteroatoms. The van der Waals surface area contributed by atoms with Gasteiger partial charge in [-0.25, -0.2) is 4.98 Å². The molecule has 0 saturated heterocycles. The molecule has 1 aromatic heterocycles. The number of aromatic nitrogens is 2. The van der Waals surface area contributed by atoms with Crippen molar-refractivity contribution >= 4 is 28.6 Å². The van der Waals surface area contributed by atoms with Gasteiger partial charge in [-0.1, -0.05) is 42.5 Å². The number of aromatic amines is 1. The molecule has 0 radical (unpaired) electrons. The molecule has 4 nitrogen and oxygen atoms in total. The topological polar surface area (TPSA) is 44.3 Å². The third kappa shape index (κ3) is 3.35. The minimum atomic E-state index is 0.876. The van der Waals surface area contributed by atoms with Crippen LogP contribution < -0.4 is 4.90 Å². The van der Waals surface area contributed by atoms with Gasteiger partial charge in [0.15, 0.2) is 0 Å². The van der Waals surface area contributed by atoms with Crippen LogP contribution in [0.15, 0.2) is 77.8 Å². The maximum Gasteiger partial charge on any atom is 0.138 e. The zero-order valence-electron chi connectivity index (χ0n) is 14.8. The first-order valence-corrected chi connectivity index (χ1v) is 8.56. The Labute approximate surface area is 152 Å². The van der Waals surface area contributed by atoms with E-state index in [0.29, 0.717) is 0 Å². The van der Waals surface area contributed by atoms with Crippen LogP contribution in [0.25, 0.3) is 22.4 Å². The SMILES string of the molecule is CN(C)c1ccc(C=Nc2ccc3nc(-c4ccccc4)[nH]c3c2)cc1. The van der Waals surface area contributed by atoms with Crippen LogP contribution in [0.1, 0.15) is 5.56 Å². The van der Waals surface area contributed by atoms with Crippen LogP contribution in [0, 0.1) is 0 Å². The van der Waals surface area contributed by atoms with Crippen molar-refractivity contribution in [3.8, 4) is 11.4 Å². The van der Waals surface area contributed by atoms with Gasteiger partial charge in [0, 0.05) is 31.6 Å². The summed E-state index contributed by atoms with van der Waals surface area (Å²) in [5.74, 6) is 0.876. The van der Waals surface area contributed by atoms with Gasteiger partial charge < -0.3 is 9.88 Å². The number of benzene rings is 3. The van der Waals surface area contributed by atoms with E-state index in [2.05, 4.69) is 44.1 Å². The van der Waals surface area contributed by atoms with Gasteiger partial charge in [0.05, 0.1) is 16.7 Å². The van der Waals surface area contributed by atoms with E-state index in [0.717, 1.165) is 33.7 Å². The molecule has 0 fully saturated rings. The fraction of sp³-hybridized carbons (Fsp3) is 0.0909. The second-order valence-corrected chi connectivity index (χ2v) is 6.40. The molecule has 26 heavy (non-hydrogen) atoms. The minimum absolute atomic E-state index is 0.876. The number of anilines is 1. The van der Waals surface area contributed by atoms with E-state index in [1.54, 1.807) is 0 Å². The number of nitrogens with zero attached hydrogens (tertiary/aromatic N) is 3. The molecular weight excluding hydrogens is 320 g/mol. The first-order valence-electron chi connectivity index (χ1n) is 8.56. The highest BCUT2D eigenvalue weighted by atomic mass is 15.1. The summed E-state index contributed by atoms with van der Waals surface area (Å²) in [7, 11) is 4.07. The standard InChI is InChI=1S/C22H20N4/c1-26(2)19-11-8-16(9-12-19)15-23-18-10-13-20-21(14-18)25-22(24-20)17-6-4-3-5-7-17/h3-15H,1-2H3,(H,24,25). The molecule has 0 aliphatic rings. The predicted molar refractivity (Wildman–Crippen MR) is 110 cm³/mol. The lowest BCUT2D eigenvalue weighted by Crippen LogP contribution is -2.08. The Bertz CT molecular complexity index is 1040. The molecule has 0 saturated carbocycles. The monoisotopic (exact) mass is 340 g/mol. The zero-order valence-corrected chi connectivity index (χ0v) is 14.8. The van der Waals surface area contributed by atoms with Gasteiger partial charge >= 0.3 is 0 Å². The smallest absolute Gasteiger partial charge is 0.138 e. The van der Waals surface area contributed by atoms with Gasteiger partial charge in [0.1, 0.15) is 5.82 Å². The summed E-state index contributed by atoms with van der Waals surface area (Å²) in [6.07, 6.45) is 1.88. The molecule has 0 spiro atoms. The lowest BCUT2D eigenvalue weighted by molar-refractivity contribution is 1.13. The van der Waals surface area contributed by atoms with Crippen molar-refractivity contribution in [2.45, 2.75) is 0 Å². The normalized spacial score (nSPS) is 11.3. The van der Waals surface area contributed by atoms with Crippen molar-refractivity contribution in [3.63, 3.8) is 0 Å². The van der Waals surface area contributed by atoms with Crippen molar-refractivity contribution in [1.29, 1.82) is 0 Å². The predicted octanol–water partition coefficient (Wildman–Crippen LogP) is 5.05. The molecule has 0 aliphatic heterocycles. The number of aliphatic imine (C=N–C) groups is 1. The summed E-state index contributed by atoms with van der Waals surface area (Å²) >= 11 is 0. The number of hydrogen-bond acceptors (Lipinski definition) is 3. The molecule has 0 amide bonds. The number of H-pyrrole nitrogens is 1. The van der Waals surface area contributed by atoms with Crippen LogP contribution in [0.4, 0.5) is 11.4 Å². The second-order valence-electron chi connectivity index (χ2n) is 6.40. The summed E-state index contributed by atoms with van der Waals surface area (Å²) in [6.45, 7) is 0. The number of hydrogen-bond donors (Lipinski definition) is 1. The summed E-state index contributed by atoms with van der Waals surface area (Å²) < 4.78 is 0. The third-order valence-electron chi connectivity index (χ3n) is 4.28. The Morgan fingerprint density at radius 3 is 2.42 bits per heavy atom. The summed E-state index contributed by atoms with van der Waals surface area (Å²) in [6, 6.07) is 24.5. The highest BCUT2D eigenvalue weighted by Crippen LogP contribution is 2.24. The Kier molecular flexibility index (Phi) is 4.23. The van der Waals surface area contributed by atoms with Gasteiger partial charge in [-0.3, -0.25) is 4.99 Å². The van der Waals surface area contributed by atoms with Crippen molar-refractivity contribution in [2.24, 2.45) is 4.99 Å². The highest BCUT2D eigenvalue weighted by Gasteiger charge is 2.05. The van der Waals surface area contributed by atoms with E-state index in [9.17, 15) is 0 Å². The number of nitrogens with one attached hydrogen (secondary N) is 1. The molecule has 3 aromatic carbocycles. The van der Waals surface area contributed by atoms with Crippen LogP contribution in [-0.2, 0) is 0 Å². The van der Waals surface area contributed by atoms with E-state index < -0.39 is 0 Å². The van der Waals surface area contributed by atoms with Gasteiger partial charge in [0.2, 0.25) is 0 Å². The average molecular weight is 340 g/mol. The van der Waals surface area contributed by atoms with Crippen molar-refractivity contribution in [2.75, 3.05) is 19.0 Å². The van der Waals surface area contributed by atoms with Crippen LogP contribution in [-0.4, -0.2) is 30.3 Å². The number of fused-ring (bicyclic) bond motifs is 1. The minimum Gasteiger partial charge on any atom is -0.378 e. The largest absolute Gasteiger partial charge is 0.378 e. The molecule has 0 atom stereocenters. The molecule has 0 aliphatic carbocycles. The maximum absolute atomic E-state index is 4.66. The molecule has 128 valence electrons. The van der Waals surface area contributed by atoms with Gasteiger partial charge in [-0.05, 0) is 35.9 Å². The van der Waals surface area contributed by atoms with Crippen LogP contribution in [0.3, 0.4) is 0 Å². The highest BCUT2D eigenvalue weighted by molar-refractivity contribution is 5.86.